The lowest BCUT2D eigenvalue weighted by atomic mass is 9.91. The maximum absolute atomic E-state index is 12.9. The van der Waals surface area contributed by atoms with Gasteiger partial charge in [-0.25, -0.2) is 4.98 Å². The highest BCUT2D eigenvalue weighted by Gasteiger charge is 2.28. The van der Waals surface area contributed by atoms with E-state index in [0.717, 1.165) is 48.3 Å². The minimum Gasteiger partial charge on any atom is -0.350 e. The zero-order chi connectivity index (χ0) is 21.9. The predicted octanol–water partition coefficient (Wildman–Crippen LogP) is 3.65. The molecule has 32 heavy (non-hydrogen) atoms. The molecule has 0 fully saturated rings. The number of nitrogens with one attached hydrogen (secondary N) is 2. The Kier molecular flexibility index (Phi) is 6.01. The van der Waals surface area contributed by atoms with E-state index < -0.39 is 0 Å². The van der Waals surface area contributed by atoms with E-state index in [1.807, 2.05) is 36.0 Å². The average Bonchev–Trinajstić information content (AvgIpc) is 3.39. The lowest BCUT2D eigenvalue weighted by Gasteiger charge is -2.23. The van der Waals surface area contributed by atoms with Crippen molar-refractivity contribution in [3.63, 3.8) is 0 Å². The molecule has 1 amide bonds. The molecule has 0 spiro atoms. The Hall–Kier alpha value is -3.03. The van der Waals surface area contributed by atoms with E-state index >= 15 is 0 Å². The Labute approximate surface area is 191 Å². The van der Waals surface area contributed by atoms with Crippen LogP contribution in [0, 0.1) is 0 Å². The molecule has 2 heterocycles. The van der Waals surface area contributed by atoms with Crippen molar-refractivity contribution in [1.82, 2.24) is 25.4 Å². The highest BCUT2D eigenvalue weighted by atomic mass is 32.1. The standard InChI is InChI=1S/C25H27N5OS/c1-30-21-12-11-18(27-16-23-28-20-9-5-6-10-22(20)32-23)15-19(21)24(29-30)25(31)26-14-13-17-7-3-2-4-8-17/h2-10,18,27H,11-16H2,1H3,(H,26,31). The van der Waals surface area contributed by atoms with Crippen LogP contribution in [-0.4, -0.2) is 33.3 Å². The van der Waals surface area contributed by atoms with Crippen LogP contribution in [0.5, 0.6) is 0 Å². The third-order valence-electron chi connectivity index (χ3n) is 6.09. The minimum atomic E-state index is -0.0791. The van der Waals surface area contributed by atoms with Gasteiger partial charge in [-0.1, -0.05) is 42.5 Å². The average molecular weight is 446 g/mol. The fourth-order valence-corrected chi connectivity index (χ4v) is 5.34. The lowest BCUT2D eigenvalue weighted by Crippen LogP contribution is -2.35. The van der Waals surface area contributed by atoms with Gasteiger partial charge in [0, 0.05) is 37.4 Å². The summed E-state index contributed by atoms with van der Waals surface area (Å²) >= 11 is 1.74. The summed E-state index contributed by atoms with van der Waals surface area (Å²) in [6.45, 7) is 1.35. The molecule has 4 aromatic rings. The number of carbonyl (C=O) groups excluding carboxylic acids is 1. The molecule has 2 aromatic carbocycles. The number of hydrogen-bond acceptors (Lipinski definition) is 5. The zero-order valence-electron chi connectivity index (χ0n) is 18.2. The van der Waals surface area contributed by atoms with Crippen molar-refractivity contribution >= 4 is 27.5 Å². The Morgan fingerprint density at radius 3 is 2.81 bits per heavy atom. The van der Waals surface area contributed by atoms with Crippen LogP contribution >= 0.6 is 11.3 Å². The van der Waals surface area contributed by atoms with E-state index in [1.165, 1.54) is 16.0 Å². The fourth-order valence-electron chi connectivity index (χ4n) is 4.42. The number of aryl methyl sites for hydroxylation is 1. The van der Waals surface area contributed by atoms with E-state index in [2.05, 4.69) is 46.1 Å². The van der Waals surface area contributed by atoms with Gasteiger partial charge in [-0.15, -0.1) is 11.3 Å². The van der Waals surface area contributed by atoms with Crippen LogP contribution < -0.4 is 10.6 Å². The smallest absolute Gasteiger partial charge is 0.272 e. The first-order chi connectivity index (χ1) is 15.7. The van der Waals surface area contributed by atoms with Crippen molar-refractivity contribution in [1.29, 1.82) is 0 Å². The molecule has 0 bridgehead atoms. The Morgan fingerprint density at radius 1 is 1.16 bits per heavy atom. The van der Waals surface area contributed by atoms with Crippen molar-refractivity contribution in [2.45, 2.75) is 38.3 Å². The van der Waals surface area contributed by atoms with Crippen molar-refractivity contribution in [2.24, 2.45) is 7.05 Å². The molecule has 5 rings (SSSR count). The van der Waals surface area contributed by atoms with Crippen LogP contribution in [0.1, 0.15) is 38.7 Å². The number of para-hydroxylation sites is 1. The normalized spacial score (nSPS) is 15.6. The van der Waals surface area contributed by atoms with Gasteiger partial charge in [0.25, 0.3) is 5.91 Å². The Bertz CT molecular complexity index is 1200. The molecule has 2 N–H and O–H groups in total. The third-order valence-corrected chi connectivity index (χ3v) is 7.13. The van der Waals surface area contributed by atoms with Gasteiger partial charge in [0.1, 0.15) is 5.01 Å². The first-order valence-electron chi connectivity index (χ1n) is 11.1. The molecule has 7 heteroatoms. The van der Waals surface area contributed by atoms with Crippen LogP contribution in [0.4, 0.5) is 0 Å². The van der Waals surface area contributed by atoms with E-state index in [1.54, 1.807) is 11.3 Å². The van der Waals surface area contributed by atoms with Crippen molar-refractivity contribution in [3.8, 4) is 0 Å². The van der Waals surface area contributed by atoms with Crippen LogP contribution in [0.15, 0.2) is 54.6 Å². The topological polar surface area (TPSA) is 71.8 Å². The van der Waals surface area contributed by atoms with Crippen molar-refractivity contribution in [2.75, 3.05) is 6.54 Å². The number of fused-ring (bicyclic) bond motifs is 2. The number of aromatic nitrogens is 3. The van der Waals surface area contributed by atoms with Gasteiger partial charge in [-0.2, -0.15) is 5.10 Å². The summed E-state index contributed by atoms with van der Waals surface area (Å²) in [6.07, 6.45) is 3.59. The summed E-state index contributed by atoms with van der Waals surface area (Å²) in [6, 6.07) is 18.8. The van der Waals surface area contributed by atoms with E-state index in [9.17, 15) is 4.79 Å². The van der Waals surface area contributed by atoms with Gasteiger partial charge in [-0.05, 0) is 43.4 Å². The highest BCUT2D eigenvalue weighted by Crippen LogP contribution is 2.26. The quantitative estimate of drug-likeness (QED) is 0.456. The van der Waals surface area contributed by atoms with Gasteiger partial charge in [0.15, 0.2) is 5.69 Å². The molecular weight excluding hydrogens is 418 g/mol. The number of amides is 1. The Morgan fingerprint density at radius 2 is 1.97 bits per heavy atom. The van der Waals surface area contributed by atoms with Gasteiger partial charge in [-0.3, -0.25) is 9.48 Å². The Balaban J connectivity index is 1.22. The molecular formula is C25H27N5OS. The zero-order valence-corrected chi connectivity index (χ0v) is 19.0. The predicted molar refractivity (Wildman–Crippen MR) is 128 cm³/mol. The summed E-state index contributed by atoms with van der Waals surface area (Å²) in [7, 11) is 1.94. The van der Waals surface area contributed by atoms with Crippen molar-refractivity contribution in [3.05, 3.63) is 82.1 Å². The van der Waals surface area contributed by atoms with Crippen LogP contribution in [0.25, 0.3) is 10.2 Å². The fraction of sp³-hybridized carbons (Fsp3) is 0.320. The van der Waals surface area contributed by atoms with E-state index in [4.69, 9.17) is 4.98 Å². The molecule has 1 aliphatic rings. The summed E-state index contributed by atoms with van der Waals surface area (Å²) in [4.78, 5) is 17.6. The largest absolute Gasteiger partial charge is 0.350 e. The van der Waals surface area contributed by atoms with Crippen molar-refractivity contribution < 1.29 is 4.79 Å². The first kappa shape index (κ1) is 20.8. The minimum absolute atomic E-state index is 0.0791. The first-order valence-corrected chi connectivity index (χ1v) is 11.9. The summed E-state index contributed by atoms with van der Waals surface area (Å²) in [5, 5.41) is 12.4. The van der Waals surface area contributed by atoms with E-state index in [0.29, 0.717) is 18.3 Å². The number of thiazole rings is 1. The van der Waals surface area contributed by atoms with Crippen LogP contribution in [0.2, 0.25) is 0 Å². The summed E-state index contributed by atoms with van der Waals surface area (Å²) < 4.78 is 3.10. The molecule has 2 aromatic heterocycles. The second-order valence-corrected chi connectivity index (χ2v) is 9.40. The monoisotopic (exact) mass is 445 g/mol. The molecule has 6 nitrogen and oxygen atoms in total. The van der Waals surface area contributed by atoms with Gasteiger partial charge in [0.2, 0.25) is 0 Å². The molecule has 0 saturated carbocycles. The molecule has 1 unspecified atom stereocenters. The SMILES string of the molecule is Cn1nc(C(=O)NCCc2ccccc2)c2c1CCC(NCc1nc3ccccc3s1)C2. The number of carbonyl (C=O) groups is 1. The number of hydrogen-bond donors (Lipinski definition) is 2. The second-order valence-electron chi connectivity index (χ2n) is 8.28. The maximum Gasteiger partial charge on any atom is 0.272 e. The molecule has 0 saturated heterocycles. The number of benzene rings is 2. The third kappa shape index (κ3) is 4.45. The second kappa shape index (κ2) is 9.22. The van der Waals surface area contributed by atoms with E-state index in [-0.39, 0.29) is 5.91 Å². The maximum atomic E-state index is 12.9. The molecule has 0 radical (unpaired) electrons. The van der Waals surface area contributed by atoms with Crippen LogP contribution in [-0.2, 0) is 32.9 Å². The van der Waals surface area contributed by atoms with Gasteiger partial charge < -0.3 is 10.6 Å². The number of nitrogens with zero attached hydrogens (tertiary/aromatic N) is 3. The molecule has 1 atom stereocenters. The van der Waals surface area contributed by atoms with Gasteiger partial charge >= 0.3 is 0 Å². The summed E-state index contributed by atoms with van der Waals surface area (Å²) in [5.74, 6) is -0.0791. The molecule has 164 valence electrons. The number of rotatable bonds is 7. The van der Waals surface area contributed by atoms with Crippen LogP contribution in [0.3, 0.4) is 0 Å². The lowest BCUT2D eigenvalue weighted by molar-refractivity contribution is 0.0947. The molecule has 1 aliphatic carbocycles. The summed E-state index contributed by atoms with van der Waals surface area (Å²) in [5.41, 5.74) is 5.10. The molecule has 0 aliphatic heterocycles. The van der Waals surface area contributed by atoms with Gasteiger partial charge in [0.05, 0.1) is 10.2 Å². The highest BCUT2D eigenvalue weighted by molar-refractivity contribution is 7.18.